The summed E-state index contributed by atoms with van der Waals surface area (Å²) in [6, 6.07) is 0.364. The lowest BCUT2D eigenvalue weighted by Crippen LogP contribution is -2.36. The molecule has 0 bridgehead atoms. The van der Waals surface area contributed by atoms with Gasteiger partial charge in [0, 0.05) is 6.04 Å². The number of carbonyl (C=O) groups excluding carboxylic acids is 1. The molecule has 0 aromatic rings. The van der Waals surface area contributed by atoms with E-state index in [1.807, 2.05) is 6.92 Å². The van der Waals surface area contributed by atoms with Crippen molar-refractivity contribution in [2.24, 2.45) is 17.1 Å². The maximum Gasteiger partial charge on any atom is 0.308 e. The molecule has 0 amide bonds. The highest BCUT2D eigenvalue weighted by Crippen LogP contribution is 2.62. The van der Waals surface area contributed by atoms with Crippen LogP contribution in [0.25, 0.3) is 0 Å². The summed E-state index contributed by atoms with van der Waals surface area (Å²) >= 11 is 0. The predicted molar refractivity (Wildman–Crippen MR) is 44.4 cm³/mol. The molecule has 3 nitrogen and oxygen atoms in total. The molecular formula is C9H15NO2. The molecule has 3 heteroatoms. The summed E-state index contributed by atoms with van der Waals surface area (Å²) in [5.74, 6) is 0.126. The fourth-order valence-corrected chi connectivity index (χ4v) is 2.20. The Labute approximate surface area is 72.3 Å². The van der Waals surface area contributed by atoms with Gasteiger partial charge in [-0.1, -0.05) is 0 Å². The molecule has 2 aliphatic rings. The first-order valence-corrected chi connectivity index (χ1v) is 4.60. The Balaban J connectivity index is 1.78. The van der Waals surface area contributed by atoms with Crippen LogP contribution in [0.2, 0.25) is 0 Å². The quantitative estimate of drug-likeness (QED) is 0.618. The van der Waals surface area contributed by atoms with Crippen molar-refractivity contribution in [1.29, 1.82) is 0 Å². The standard InChI is InChI=1S/C9H15NO2/c1-2-12-8(11)6-3-9(4-6)5-7(9)10/h6-7H,2-5,10H2,1H3. The van der Waals surface area contributed by atoms with Crippen molar-refractivity contribution in [2.45, 2.75) is 32.2 Å². The zero-order valence-corrected chi connectivity index (χ0v) is 7.38. The van der Waals surface area contributed by atoms with Gasteiger partial charge in [-0.25, -0.2) is 0 Å². The summed E-state index contributed by atoms with van der Waals surface area (Å²) in [5, 5.41) is 0. The smallest absolute Gasteiger partial charge is 0.308 e. The van der Waals surface area contributed by atoms with Gasteiger partial charge < -0.3 is 10.5 Å². The van der Waals surface area contributed by atoms with Gasteiger partial charge in [0.1, 0.15) is 0 Å². The van der Waals surface area contributed by atoms with E-state index in [9.17, 15) is 4.79 Å². The summed E-state index contributed by atoms with van der Waals surface area (Å²) in [7, 11) is 0. The van der Waals surface area contributed by atoms with Crippen molar-refractivity contribution < 1.29 is 9.53 Å². The number of esters is 1. The Kier molecular flexibility index (Phi) is 1.65. The van der Waals surface area contributed by atoms with Crippen LogP contribution < -0.4 is 5.73 Å². The molecule has 2 N–H and O–H groups in total. The van der Waals surface area contributed by atoms with E-state index in [-0.39, 0.29) is 11.9 Å². The minimum atomic E-state index is -0.0257. The van der Waals surface area contributed by atoms with E-state index < -0.39 is 0 Å². The van der Waals surface area contributed by atoms with E-state index in [1.54, 1.807) is 0 Å². The second-order valence-electron chi connectivity index (χ2n) is 4.03. The lowest BCUT2D eigenvalue weighted by atomic mass is 9.71. The normalized spacial score (nSPS) is 43.8. The third-order valence-electron chi connectivity index (χ3n) is 3.18. The SMILES string of the molecule is CCOC(=O)C1CC2(C1)CC2N. The van der Waals surface area contributed by atoms with Gasteiger partial charge in [-0.05, 0) is 31.6 Å². The molecule has 2 rings (SSSR count). The van der Waals surface area contributed by atoms with Crippen molar-refractivity contribution in [1.82, 2.24) is 0 Å². The zero-order chi connectivity index (χ0) is 8.77. The summed E-state index contributed by atoms with van der Waals surface area (Å²) in [5.41, 5.74) is 6.11. The Morgan fingerprint density at radius 3 is 2.58 bits per heavy atom. The maximum atomic E-state index is 11.2. The van der Waals surface area contributed by atoms with Crippen molar-refractivity contribution in [3.05, 3.63) is 0 Å². The van der Waals surface area contributed by atoms with E-state index in [2.05, 4.69) is 0 Å². The third-order valence-corrected chi connectivity index (χ3v) is 3.18. The van der Waals surface area contributed by atoms with E-state index in [4.69, 9.17) is 10.5 Å². The average Bonchev–Trinajstić information content (AvgIpc) is 2.59. The Morgan fingerprint density at radius 2 is 2.17 bits per heavy atom. The molecule has 0 aromatic carbocycles. The maximum absolute atomic E-state index is 11.2. The molecule has 2 saturated carbocycles. The highest BCUT2D eigenvalue weighted by Gasteiger charge is 2.61. The first-order chi connectivity index (χ1) is 5.68. The van der Waals surface area contributed by atoms with Crippen LogP contribution in [0, 0.1) is 11.3 Å². The van der Waals surface area contributed by atoms with Gasteiger partial charge in [0.05, 0.1) is 12.5 Å². The van der Waals surface area contributed by atoms with E-state index >= 15 is 0 Å². The van der Waals surface area contributed by atoms with Crippen LogP contribution >= 0.6 is 0 Å². The predicted octanol–water partition coefficient (Wildman–Crippen LogP) is 0.677. The summed E-state index contributed by atoms with van der Waals surface area (Å²) in [6.07, 6.45) is 3.04. The van der Waals surface area contributed by atoms with Crippen LogP contribution in [0.15, 0.2) is 0 Å². The van der Waals surface area contributed by atoms with Crippen LogP contribution in [0.4, 0.5) is 0 Å². The first kappa shape index (κ1) is 8.05. The van der Waals surface area contributed by atoms with Crippen molar-refractivity contribution in [3.63, 3.8) is 0 Å². The molecule has 1 atom stereocenters. The molecular weight excluding hydrogens is 154 g/mol. The van der Waals surface area contributed by atoms with Crippen LogP contribution in [-0.4, -0.2) is 18.6 Å². The molecule has 68 valence electrons. The second-order valence-corrected chi connectivity index (χ2v) is 4.03. The third kappa shape index (κ3) is 1.04. The Hall–Kier alpha value is -0.570. The van der Waals surface area contributed by atoms with E-state index in [0.717, 1.165) is 19.3 Å². The van der Waals surface area contributed by atoms with Gasteiger partial charge in [0.15, 0.2) is 0 Å². The molecule has 1 spiro atoms. The Morgan fingerprint density at radius 1 is 1.58 bits per heavy atom. The lowest BCUT2D eigenvalue weighted by molar-refractivity contribution is -0.153. The molecule has 0 heterocycles. The van der Waals surface area contributed by atoms with Crippen molar-refractivity contribution in [3.8, 4) is 0 Å². The average molecular weight is 169 g/mol. The van der Waals surface area contributed by atoms with Crippen LogP contribution in [-0.2, 0) is 9.53 Å². The van der Waals surface area contributed by atoms with Crippen molar-refractivity contribution >= 4 is 5.97 Å². The first-order valence-electron chi connectivity index (χ1n) is 4.60. The Bertz CT molecular complexity index is 209. The van der Waals surface area contributed by atoms with Crippen LogP contribution in [0.1, 0.15) is 26.2 Å². The van der Waals surface area contributed by atoms with Gasteiger partial charge in [-0.15, -0.1) is 0 Å². The van der Waals surface area contributed by atoms with E-state index in [1.165, 1.54) is 0 Å². The van der Waals surface area contributed by atoms with Gasteiger partial charge >= 0.3 is 5.97 Å². The molecule has 12 heavy (non-hydrogen) atoms. The van der Waals surface area contributed by atoms with Gasteiger partial charge in [-0.2, -0.15) is 0 Å². The zero-order valence-electron chi connectivity index (χ0n) is 7.38. The summed E-state index contributed by atoms with van der Waals surface area (Å²) in [6.45, 7) is 2.34. The number of hydrogen-bond donors (Lipinski definition) is 1. The topological polar surface area (TPSA) is 52.3 Å². The van der Waals surface area contributed by atoms with Gasteiger partial charge in [0.25, 0.3) is 0 Å². The monoisotopic (exact) mass is 169 g/mol. The molecule has 0 radical (unpaired) electrons. The number of nitrogens with two attached hydrogens (primary N) is 1. The van der Waals surface area contributed by atoms with Gasteiger partial charge in [0.2, 0.25) is 0 Å². The largest absolute Gasteiger partial charge is 0.466 e. The van der Waals surface area contributed by atoms with E-state index in [0.29, 0.717) is 18.1 Å². The number of carbonyl (C=O) groups is 1. The minimum absolute atomic E-state index is 0.0257. The fraction of sp³-hybridized carbons (Fsp3) is 0.889. The number of ether oxygens (including phenoxy) is 1. The van der Waals surface area contributed by atoms with Crippen LogP contribution in [0.5, 0.6) is 0 Å². The van der Waals surface area contributed by atoms with Crippen molar-refractivity contribution in [2.75, 3.05) is 6.61 Å². The second kappa shape index (κ2) is 2.46. The highest BCUT2D eigenvalue weighted by atomic mass is 16.5. The minimum Gasteiger partial charge on any atom is -0.466 e. The molecule has 2 aliphatic carbocycles. The number of rotatable bonds is 2. The summed E-state index contributed by atoms with van der Waals surface area (Å²) in [4.78, 5) is 11.2. The molecule has 1 unspecified atom stereocenters. The summed E-state index contributed by atoms with van der Waals surface area (Å²) < 4.78 is 4.92. The molecule has 0 aliphatic heterocycles. The lowest BCUT2D eigenvalue weighted by Gasteiger charge is -2.34. The van der Waals surface area contributed by atoms with Gasteiger partial charge in [-0.3, -0.25) is 4.79 Å². The number of hydrogen-bond acceptors (Lipinski definition) is 3. The highest BCUT2D eigenvalue weighted by molar-refractivity contribution is 5.74. The molecule has 0 aromatic heterocycles. The molecule has 2 fully saturated rings. The van der Waals surface area contributed by atoms with Crippen LogP contribution in [0.3, 0.4) is 0 Å². The fourth-order valence-electron chi connectivity index (χ4n) is 2.20. The molecule has 0 saturated heterocycles.